The normalized spacial score (nSPS) is 16.2. The molecule has 0 bridgehead atoms. The minimum absolute atomic E-state index is 0.281. The van der Waals surface area contributed by atoms with Crippen molar-refractivity contribution in [1.29, 1.82) is 0 Å². The first-order chi connectivity index (χ1) is 7.75. The first-order valence-corrected chi connectivity index (χ1v) is 5.72. The largest absolute Gasteiger partial charge is 0.493 e. The van der Waals surface area contributed by atoms with E-state index in [9.17, 15) is 4.79 Å². The third-order valence-electron chi connectivity index (χ3n) is 3.04. The van der Waals surface area contributed by atoms with Gasteiger partial charge in [0, 0.05) is 0 Å². The van der Waals surface area contributed by atoms with Crippen molar-refractivity contribution in [2.45, 2.75) is 25.7 Å². The predicted molar refractivity (Wildman–Crippen MR) is 60.9 cm³/mol. The number of benzene rings is 1. The topological polar surface area (TPSA) is 46.5 Å². The average molecular weight is 220 g/mol. The predicted octanol–water partition coefficient (Wildman–Crippen LogP) is 2.95. The molecule has 1 aliphatic rings. The SMILES string of the molecule is O=C(O)c1cccc(OCC2CCCC2)c1. The molecule has 1 fully saturated rings. The molecule has 0 amide bonds. The highest BCUT2D eigenvalue weighted by Gasteiger charge is 2.15. The van der Waals surface area contributed by atoms with Crippen LogP contribution in [-0.2, 0) is 0 Å². The minimum atomic E-state index is -0.911. The zero-order valence-electron chi connectivity index (χ0n) is 9.19. The van der Waals surface area contributed by atoms with Gasteiger partial charge in [-0.3, -0.25) is 0 Å². The lowest BCUT2D eigenvalue weighted by atomic mass is 10.1. The van der Waals surface area contributed by atoms with Crippen molar-refractivity contribution in [2.75, 3.05) is 6.61 Å². The second kappa shape index (κ2) is 5.01. The minimum Gasteiger partial charge on any atom is -0.493 e. The van der Waals surface area contributed by atoms with Crippen molar-refractivity contribution in [3.8, 4) is 5.75 Å². The molecule has 0 atom stereocenters. The Labute approximate surface area is 95.0 Å². The molecule has 1 aliphatic carbocycles. The molecule has 1 aromatic rings. The Morgan fingerprint density at radius 3 is 2.81 bits per heavy atom. The van der Waals surface area contributed by atoms with Gasteiger partial charge in [-0.15, -0.1) is 0 Å². The molecular formula is C13H16O3. The summed E-state index contributed by atoms with van der Waals surface area (Å²) in [7, 11) is 0. The molecule has 0 aromatic heterocycles. The third kappa shape index (κ3) is 2.75. The van der Waals surface area contributed by atoms with Gasteiger partial charge in [-0.05, 0) is 37.0 Å². The Hall–Kier alpha value is -1.51. The standard InChI is InChI=1S/C13H16O3/c14-13(15)11-6-3-7-12(8-11)16-9-10-4-1-2-5-10/h3,6-8,10H,1-2,4-5,9H2,(H,14,15). The van der Waals surface area contributed by atoms with Gasteiger partial charge >= 0.3 is 5.97 Å². The van der Waals surface area contributed by atoms with Crippen LogP contribution in [0.15, 0.2) is 24.3 Å². The van der Waals surface area contributed by atoms with E-state index in [-0.39, 0.29) is 5.56 Å². The van der Waals surface area contributed by atoms with E-state index >= 15 is 0 Å². The number of hydrogen-bond acceptors (Lipinski definition) is 2. The first-order valence-electron chi connectivity index (χ1n) is 5.72. The van der Waals surface area contributed by atoms with E-state index in [4.69, 9.17) is 9.84 Å². The number of hydrogen-bond donors (Lipinski definition) is 1. The molecule has 0 saturated heterocycles. The van der Waals surface area contributed by atoms with Crippen LogP contribution in [0.2, 0.25) is 0 Å². The Morgan fingerprint density at radius 2 is 2.12 bits per heavy atom. The highest BCUT2D eigenvalue weighted by Crippen LogP contribution is 2.25. The zero-order chi connectivity index (χ0) is 11.4. The van der Waals surface area contributed by atoms with Gasteiger partial charge in [0.2, 0.25) is 0 Å². The maximum Gasteiger partial charge on any atom is 0.335 e. The van der Waals surface area contributed by atoms with Gasteiger partial charge in [0.1, 0.15) is 5.75 Å². The summed E-state index contributed by atoms with van der Waals surface area (Å²) in [6.45, 7) is 0.711. The molecule has 0 spiro atoms. The number of carboxylic acid groups (broad SMARTS) is 1. The molecule has 3 nitrogen and oxygen atoms in total. The van der Waals surface area contributed by atoms with Gasteiger partial charge in [-0.1, -0.05) is 18.9 Å². The van der Waals surface area contributed by atoms with Crippen LogP contribution in [0.5, 0.6) is 5.75 Å². The highest BCUT2D eigenvalue weighted by molar-refractivity contribution is 5.87. The fourth-order valence-corrected chi connectivity index (χ4v) is 2.11. The second-order valence-electron chi connectivity index (χ2n) is 4.29. The van der Waals surface area contributed by atoms with E-state index in [2.05, 4.69) is 0 Å². The van der Waals surface area contributed by atoms with Crippen LogP contribution in [0.3, 0.4) is 0 Å². The third-order valence-corrected chi connectivity index (χ3v) is 3.04. The molecule has 16 heavy (non-hydrogen) atoms. The van der Waals surface area contributed by atoms with Gasteiger partial charge in [0.25, 0.3) is 0 Å². The summed E-state index contributed by atoms with van der Waals surface area (Å²) in [5, 5.41) is 8.83. The van der Waals surface area contributed by atoms with E-state index < -0.39 is 5.97 Å². The summed E-state index contributed by atoms with van der Waals surface area (Å²) in [6, 6.07) is 6.68. The van der Waals surface area contributed by atoms with E-state index in [1.54, 1.807) is 24.3 Å². The van der Waals surface area contributed by atoms with Crippen molar-refractivity contribution in [3.63, 3.8) is 0 Å². The van der Waals surface area contributed by atoms with Crippen LogP contribution >= 0.6 is 0 Å². The van der Waals surface area contributed by atoms with Crippen LogP contribution in [0.1, 0.15) is 36.0 Å². The molecule has 1 saturated carbocycles. The van der Waals surface area contributed by atoms with Crippen LogP contribution in [0.4, 0.5) is 0 Å². The zero-order valence-corrected chi connectivity index (χ0v) is 9.19. The number of carbonyl (C=O) groups is 1. The number of carboxylic acids is 1. The van der Waals surface area contributed by atoms with Crippen LogP contribution in [0, 0.1) is 5.92 Å². The van der Waals surface area contributed by atoms with Crippen molar-refractivity contribution in [1.82, 2.24) is 0 Å². The van der Waals surface area contributed by atoms with Crippen molar-refractivity contribution < 1.29 is 14.6 Å². The number of ether oxygens (including phenoxy) is 1. The smallest absolute Gasteiger partial charge is 0.335 e. The average Bonchev–Trinajstić information content (AvgIpc) is 2.79. The fourth-order valence-electron chi connectivity index (χ4n) is 2.11. The van der Waals surface area contributed by atoms with Crippen molar-refractivity contribution in [3.05, 3.63) is 29.8 Å². The molecule has 0 aliphatic heterocycles. The molecule has 86 valence electrons. The highest BCUT2D eigenvalue weighted by atomic mass is 16.5. The maximum atomic E-state index is 10.8. The number of aromatic carboxylic acids is 1. The Morgan fingerprint density at radius 1 is 1.38 bits per heavy atom. The molecule has 0 unspecified atom stereocenters. The van der Waals surface area contributed by atoms with E-state index in [1.165, 1.54) is 25.7 Å². The lowest BCUT2D eigenvalue weighted by Crippen LogP contribution is -2.08. The molecule has 3 heteroatoms. The summed E-state index contributed by atoms with van der Waals surface area (Å²) in [5.74, 6) is 0.395. The summed E-state index contributed by atoms with van der Waals surface area (Å²) < 4.78 is 5.62. The van der Waals surface area contributed by atoms with Gasteiger partial charge in [0.05, 0.1) is 12.2 Å². The van der Waals surface area contributed by atoms with Gasteiger partial charge in [-0.25, -0.2) is 4.79 Å². The van der Waals surface area contributed by atoms with E-state index in [0.717, 1.165) is 0 Å². The monoisotopic (exact) mass is 220 g/mol. The Balaban J connectivity index is 1.93. The first kappa shape index (κ1) is 11.0. The van der Waals surface area contributed by atoms with Crippen LogP contribution in [0.25, 0.3) is 0 Å². The summed E-state index contributed by atoms with van der Waals surface area (Å²) in [4.78, 5) is 10.8. The summed E-state index contributed by atoms with van der Waals surface area (Å²) in [6.07, 6.45) is 5.06. The molecular weight excluding hydrogens is 204 g/mol. The van der Waals surface area contributed by atoms with Gasteiger partial charge in [-0.2, -0.15) is 0 Å². The van der Waals surface area contributed by atoms with E-state index in [1.807, 2.05) is 0 Å². The fraction of sp³-hybridized carbons (Fsp3) is 0.462. The van der Waals surface area contributed by atoms with E-state index in [0.29, 0.717) is 18.3 Å². The van der Waals surface area contributed by atoms with Crippen LogP contribution < -0.4 is 4.74 Å². The van der Waals surface area contributed by atoms with Crippen molar-refractivity contribution >= 4 is 5.97 Å². The second-order valence-corrected chi connectivity index (χ2v) is 4.29. The molecule has 0 radical (unpaired) electrons. The number of rotatable bonds is 4. The Kier molecular flexibility index (Phi) is 3.44. The molecule has 1 aromatic carbocycles. The van der Waals surface area contributed by atoms with Gasteiger partial charge in [0.15, 0.2) is 0 Å². The van der Waals surface area contributed by atoms with Crippen LogP contribution in [-0.4, -0.2) is 17.7 Å². The summed E-state index contributed by atoms with van der Waals surface area (Å²) >= 11 is 0. The lowest BCUT2D eigenvalue weighted by molar-refractivity contribution is 0.0696. The lowest BCUT2D eigenvalue weighted by Gasteiger charge is -2.11. The summed E-state index contributed by atoms with van der Waals surface area (Å²) in [5.41, 5.74) is 0.281. The molecule has 1 N–H and O–H groups in total. The molecule has 2 rings (SSSR count). The Bertz CT molecular complexity index is 367. The maximum absolute atomic E-state index is 10.8. The van der Waals surface area contributed by atoms with Gasteiger partial charge < -0.3 is 9.84 Å². The molecule has 0 heterocycles. The quantitative estimate of drug-likeness (QED) is 0.848. The van der Waals surface area contributed by atoms with Crippen molar-refractivity contribution in [2.24, 2.45) is 5.92 Å².